The lowest BCUT2D eigenvalue weighted by atomic mass is 10.1. The molecule has 12 heavy (non-hydrogen) atoms. The van der Waals surface area contributed by atoms with Gasteiger partial charge in [0.05, 0.1) is 17.2 Å². The van der Waals surface area contributed by atoms with Gasteiger partial charge in [0.15, 0.2) is 0 Å². The Morgan fingerprint density at radius 3 is 2.67 bits per heavy atom. The molecule has 3 nitrogen and oxygen atoms in total. The number of halogens is 1. The van der Waals surface area contributed by atoms with E-state index in [2.05, 4.69) is 0 Å². The third kappa shape index (κ3) is 1.74. The normalized spacial score (nSPS) is 9.00. The Morgan fingerprint density at radius 1 is 1.58 bits per heavy atom. The summed E-state index contributed by atoms with van der Waals surface area (Å²) in [5.74, 6) is -0.969. The molecule has 1 aromatic carbocycles. The molecule has 0 aliphatic rings. The highest BCUT2D eigenvalue weighted by atomic mass is 127. The van der Waals surface area contributed by atoms with E-state index in [1.165, 1.54) is 12.1 Å². The lowest BCUT2D eigenvalue weighted by molar-refractivity contribution is 0.0696. The summed E-state index contributed by atoms with van der Waals surface area (Å²) in [4.78, 5) is 10.5. The zero-order chi connectivity index (χ0) is 9.14. The molecule has 0 spiro atoms. The highest BCUT2D eigenvalue weighted by Crippen LogP contribution is 2.13. The summed E-state index contributed by atoms with van der Waals surface area (Å²) in [6.45, 7) is 0. The summed E-state index contributed by atoms with van der Waals surface area (Å²) in [5, 5.41) is 17.1. The zero-order valence-electron chi connectivity index (χ0n) is 5.91. The first-order valence-electron chi connectivity index (χ1n) is 3.08. The molecule has 4 heteroatoms. The molecule has 0 bridgehead atoms. The quantitative estimate of drug-likeness (QED) is 0.794. The minimum atomic E-state index is -0.969. The fourth-order valence-electron chi connectivity index (χ4n) is 0.758. The van der Waals surface area contributed by atoms with Crippen LogP contribution in [0, 0.1) is 14.9 Å². The lowest BCUT2D eigenvalue weighted by Gasteiger charge is -1.97. The molecule has 1 rings (SSSR count). The molecule has 1 aromatic rings. The van der Waals surface area contributed by atoms with E-state index in [4.69, 9.17) is 10.4 Å². The molecule has 0 aromatic heterocycles. The topological polar surface area (TPSA) is 61.1 Å². The van der Waals surface area contributed by atoms with Gasteiger partial charge in [-0.3, -0.25) is 0 Å². The van der Waals surface area contributed by atoms with Gasteiger partial charge in [-0.1, -0.05) is 0 Å². The average molecular weight is 273 g/mol. The van der Waals surface area contributed by atoms with Crippen molar-refractivity contribution >= 4 is 28.6 Å². The van der Waals surface area contributed by atoms with Crippen molar-refractivity contribution in [3.63, 3.8) is 0 Å². The molecule has 0 fully saturated rings. The van der Waals surface area contributed by atoms with Gasteiger partial charge in [0.2, 0.25) is 0 Å². The maximum atomic E-state index is 10.5. The first-order valence-corrected chi connectivity index (χ1v) is 4.16. The fourth-order valence-corrected chi connectivity index (χ4v) is 1.50. The molecule has 0 saturated carbocycles. The van der Waals surface area contributed by atoms with Crippen molar-refractivity contribution in [3.8, 4) is 6.07 Å². The van der Waals surface area contributed by atoms with Gasteiger partial charge in [-0.25, -0.2) is 4.79 Å². The Kier molecular flexibility index (Phi) is 2.65. The third-order valence-electron chi connectivity index (χ3n) is 1.33. The van der Waals surface area contributed by atoms with Gasteiger partial charge in [-0.15, -0.1) is 0 Å². The number of carbonyl (C=O) groups is 1. The molecule has 1 N–H and O–H groups in total. The molecule has 60 valence electrons. The Bertz CT molecular complexity index is 368. The minimum absolute atomic E-state index is 0.231. The Hall–Kier alpha value is -1.09. The first kappa shape index (κ1) is 9.00. The van der Waals surface area contributed by atoms with E-state index in [0.29, 0.717) is 9.13 Å². The largest absolute Gasteiger partial charge is 0.478 e. The molecular formula is C8H4INO2. The van der Waals surface area contributed by atoms with Crippen LogP contribution in [-0.4, -0.2) is 11.1 Å². The molecular weight excluding hydrogens is 269 g/mol. The van der Waals surface area contributed by atoms with Crippen molar-refractivity contribution in [2.75, 3.05) is 0 Å². The molecule has 0 saturated heterocycles. The second-order valence-corrected chi connectivity index (χ2v) is 3.27. The molecule has 0 amide bonds. The monoisotopic (exact) mass is 273 g/mol. The van der Waals surface area contributed by atoms with Crippen LogP contribution < -0.4 is 0 Å². The van der Waals surface area contributed by atoms with Crippen LogP contribution in [0.3, 0.4) is 0 Å². The maximum absolute atomic E-state index is 10.5. The fraction of sp³-hybridized carbons (Fsp3) is 0. The van der Waals surface area contributed by atoms with Crippen molar-refractivity contribution < 1.29 is 9.90 Å². The predicted octanol–water partition coefficient (Wildman–Crippen LogP) is 1.86. The van der Waals surface area contributed by atoms with Crippen LogP contribution in [0.5, 0.6) is 0 Å². The van der Waals surface area contributed by atoms with E-state index in [0.717, 1.165) is 0 Å². The van der Waals surface area contributed by atoms with Crippen LogP contribution >= 0.6 is 22.6 Å². The SMILES string of the molecule is N#Cc1ccc(C(=O)O)c(I)c1. The number of carboxylic acids is 1. The van der Waals surface area contributed by atoms with Crippen LogP contribution in [0.15, 0.2) is 18.2 Å². The van der Waals surface area contributed by atoms with Crippen LogP contribution in [-0.2, 0) is 0 Å². The Morgan fingerprint density at radius 2 is 2.25 bits per heavy atom. The minimum Gasteiger partial charge on any atom is -0.478 e. The maximum Gasteiger partial charge on any atom is 0.336 e. The van der Waals surface area contributed by atoms with E-state index in [9.17, 15) is 4.79 Å². The summed E-state index contributed by atoms with van der Waals surface area (Å²) in [6, 6.07) is 6.41. The summed E-state index contributed by atoms with van der Waals surface area (Å²) >= 11 is 1.89. The van der Waals surface area contributed by atoms with Crippen LogP contribution in [0.4, 0.5) is 0 Å². The van der Waals surface area contributed by atoms with Gasteiger partial charge >= 0.3 is 5.97 Å². The van der Waals surface area contributed by atoms with E-state index < -0.39 is 5.97 Å². The summed E-state index contributed by atoms with van der Waals surface area (Å²) < 4.78 is 0.583. The molecule has 0 heterocycles. The van der Waals surface area contributed by atoms with Gasteiger partial charge in [-0.2, -0.15) is 5.26 Å². The van der Waals surface area contributed by atoms with E-state index >= 15 is 0 Å². The van der Waals surface area contributed by atoms with E-state index in [1.54, 1.807) is 6.07 Å². The van der Waals surface area contributed by atoms with Crippen LogP contribution in [0.1, 0.15) is 15.9 Å². The van der Waals surface area contributed by atoms with Gasteiger partial charge in [-0.05, 0) is 40.8 Å². The molecule has 0 radical (unpaired) electrons. The Balaban J connectivity index is 3.23. The van der Waals surface area contributed by atoms with E-state index in [1.807, 2.05) is 28.7 Å². The highest BCUT2D eigenvalue weighted by molar-refractivity contribution is 14.1. The second-order valence-electron chi connectivity index (χ2n) is 2.11. The summed E-state index contributed by atoms with van der Waals surface area (Å²) in [6.07, 6.45) is 0. The van der Waals surface area contributed by atoms with Crippen molar-refractivity contribution in [1.82, 2.24) is 0 Å². The predicted molar refractivity (Wildman–Crippen MR) is 50.8 cm³/mol. The molecule has 0 aliphatic heterocycles. The molecule has 0 atom stereocenters. The standard InChI is InChI=1S/C8H4INO2/c9-7-3-5(4-10)1-2-6(7)8(11)12/h1-3H,(H,11,12). The number of carboxylic acid groups (broad SMARTS) is 1. The Labute approximate surface area is 82.8 Å². The number of benzene rings is 1. The van der Waals surface area contributed by atoms with Crippen LogP contribution in [0.25, 0.3) is 0 Å². The highest BCUT2D eigenvalue weighted by Gasteiger charge is 2.07. The van der Waals surface area contributed by atoms with Crippen molar-refractivity contribution in [1.29, 1.82) is 5.26 Å². The number of aromatic carboxylic acids is 1. The van der Waals surface area contributed by atoms with E-state index in [-0.39, 0.29) is 5.56 Å². The summed E-state index contributed by atoms with van der Waals surface area (Å²) in [5.41, 5.74) is 0.707. The number of nitriles is 1. The first-order chi connectivity index (χ1) is 5.65. The van der Waals surface area contributed by atoms with Gasteiger partial charge in [0.1, 0.15) is 0 Å². The number of hydrogen-bond acceptors (Lipinski definition) is 2. The molecule has 0 unspecified atom stereocenters. The third-order valence-corrected chi connectivity index (χ3v) is 2.22. The average Bonchev–Trinajstić information content (AvgIpc) is 2.03. The van der Waals surface area contributed by atoms with Gasteiger partial charge in [0, 0.05) is 3.57 Å². The summed E-state index contributed by atoms with van der Waals surface area (Å²) in [7, 11) is 0. The molecule has 0 aliphatic carbocycles. The second kappa shape index (κ2) is 3.54. The number of hydrogen-bond donors (Lipinski definition) is 1. The van der Waals surface area contributed by atoms with Gasteiger partial charge in [0.25, 0.3) is 0 Å². The van der Waals surface area contributed by atoms with Crippen LogP contribution in [0.2, 0.25) is 0 Å². The smallest absolute Gasteiger partial charge is 0.336 e. The van der Waals surface area contributed by atoms with Crippen molar-refractivity contribution in [2.45, 2.75) is 0 Å². The van der Waals surface area contributed by atoms with Gasteiger partial charge < -0.3 is 5.11 Å². The lowest BCUT2D eigenvalue weighted by Crippen LogP contribution is -1.99. The van der Waals surface area contributed by atoms with Crippen molar-refractivity contribution in [2.24, 2.45) is 0 Å². The number of nitrogens with zero attached hydrogens (tertiary/aromatic N) is 1. The number of rotatable bonds is 1. The zero-order valence-corrected chi connectivity index (χ0v) is 8.07. The van der Waals surface area contributed by atoms with Crippen molar-refractivity contribution in [3.05, 3.63) is 32.9 Å².